The lowest BCUT2D eigenvalue weighted by Gasteiger charge is -2.24. The fourth-order valence-electron chi connectivity index (χ4n) is 4.39. The van der Waals surface area contributed by atoms with Crippen molar-refractivity contribution in [2.24, 2.45) is 0 Å². The van der Waals surface area contributed by atoms with Crippen LogP contribution in [0.4, 0.5) is 0 Å². The lowest BCUT2D eigenvalue weighted by Crippen LogP contribution is -2.08. The van der Waals surface area contributed by atoms with Crippen LogP contribution in [0.5, 0.6) is 28.7 Å². The number of phenolic OH excluding ortho intramolecular Hbond substituents is 1. The van der Waals surface area contributed by atoms with E-state index in [0.29, 0.717) is 29.6 Å². The van der Waals surface area contributed by atoms with Crippen LogP contribution in [0.1, 0.15) is 49.5 Å². The van der Waals surface area contributed by atoms with Crippen molar-refractivity contribution < 1.29 is 28.8 Å². The molecular formula is C24H32O6. The summed E-state index contributed by atoms with van der Waals surface area (Å²) >= 11 is 0. The number of ether oxygens (including phenoxy) is 5. The summed E-state index contributed by atoms with van der Waals surface area (Å²) < 4.78 is 28.9. The van der Waals surface area contributed by atoms with E-state index in [1.807, 2.05) is 19.1 Å². The zero-order chi connectivity index (χ0) is 21.8. The highest BCUT2D eigenvalue weighted by molar-refractivity contribution is 5.88. The maximum atomic E-state index is 11.3. The normalized spacial score (nSPS) is 15.1. The summed E-state index contributed by atoms with van der Waals surface area (Å²) in [6, 6.07) is 3.90. The summed E-state index contributed by atoms with van der Waals surface area (Å²) in [4.78, 5) is 0. The molecule has 6 heteroatoms. The maximum absolute atomic E-state index is 11.3. The van der Waals surface area contributed by atoms with Crippen molar-refractivity contribution in [2.45, 2.75) is 45.6 Å². The van der Waals surface area contributed by atoms with Gasteiger partial charge in [-0.05, 0) is 49.4 Å². The number of rotatable bonds is 8. The fraction of sp³-hybridized carbons (Fsp3) is 0.500. The first-order chi connectivity index (χ1) is 14.6. The molecule has 0 saturated heterocycles. The van der Waals surface area contributed by atoms with E-state index in [1.165, 1.54) is 0 Å². The second-order valence-electron chi connectivity index (χ2n) is 7.29. The molecule has 0 unspecified atom stereocenters. The first-order valence-corrected chi connectivity index (χ1v) is 10.4. The van der Waals surface area contributed by atoms with Crippen LogP contribution in [0, 0.1) is 0 Å². The standard InChI is InChI=1S/C24H32O6/c1-7-9-15-13-17(26-3)20-19-14(10-11-16(30-8-2)21(20)22(15)25)12-18(27-4)23(28-5)24(19)29-6/h12-13,16,25H,7-11H2,1-6H3/t16-/m1/s1. The van der Waals surface area contributed by atoms with Crippen LogP contribution in [0.3, 0.4) is 0 Å². The Balaban J connectivity index is 2.45. The molecule has 6 nitrogen and oxygen atoms in total. The third-order valence-electron chi connectivity index (χ3n) is 5.65. The molecule has 0 aliphatic heterocycles. The van der Waals surface area contributed by atoms with Crippen LogP contribution < -0.4 is 18.9 Å². The third-order valence-corrected chi connectivity index (χ3v) is 5.65. The zero-order valence-electron chi connectivity index (χ0n) is 18.8. The predicted molar refractivity (Wildman–Crippen MR) is 116 cm³/mol. The van der Waals surface area contributed by atoms with Gasteiger partial charge in [0.1, 0.15) is 11.5 Å². The Hall–Kier alpha value is -2.60. The van der Waals surface area contributed by atoms with Crippen molar-refractivity contribution in [3.05, 3.63) is 28.8 Å². The minimum Gasteiger partial charge on any atom is -0.507 e. The van der Waals surface area contributed by atoms with Crippen molar-refractivity contribution in [2.75, 3.05) is 35.0 Å². The van der Waals surface area contributed by atoms with E-state index in [0.717, 1.165) is 53.5 Å². The fourth-order valence-corrected chi connectivity index (χ4v) is 4.39. The maximum Gasteiger partial charge on any atom is 0.203 e. The molecule has 0 amide bonds. The van der Waals surface area contributed by atoms with Gasteiger partial charge in [0.15, 0.2) is 11.5 Å². The highest BCUT2D eigenvalue weighted by Gasteiger charge is 2.34. The summed E-state index contributed by atoms with van der Waals surface area (Å²) in [5, 5.41) is 11.3. The van der Waals surface area contributed by atoms with Crippen molar-refractivity contribution in [3.8, 4) is 39.9 Å². The minimum atomic E-state index is -0.259. The molecule has 0 bridgehead atoms. The average Bonchev–Trinajstić information content (AvgIpc) is 2.92. The Morgan fingerprint density at radius 3 is 2.17 bits per heavy atom. The Labute approximate surface area is 178 Å². The second-order valence-corrected chi connectivity index (χ2v) is 7.29. The average molecular weight is 417 g/mol. The van der Waals surface area contributed by atoms with Crippen LogP contribution in [0.25, 0.3) is 11.1 Å². The van der Waals surface area contributed by atoms with Crippen LogP contribution in [-0.2, 0) is 17.6 Å². The Morgan fingerprint density at radius 2 is 1.60 bits per heavy atom. The minimum absolute atomic E-state index is 0.259. The molecule has 0 heterocycles. The van der Waals surface area contributed by atoms with Gasteiger partial charge in [-0.15, -0.1) is 0 Å². The van der Waals surface area contributed by atoms with Crippen LogP contribution >= 0.6 is 0 Å². The number of methoxy groups -OCH3 is 4. The Kier molecular flexibility index (Phi) is 6.98. The molecule has 0 saturated carbocycles. The highest BCUT2D eigenvalue weighted by atomic mass is 16.5. The summed E-state index contributed by atoms with van der Waals surface area (Å²) in [6.45, 7) is 4.60. The van der Waals surface area contributed by atoms with Gasteiger partial charge in [-0.2, -0.15) is 0 Å². The van der Waals surface area contributed by atoms with Gasteiger partial charge in [0, 0.05) is 23.3 Å². The molecule has 164 valence electrons. The van der Waals surface area contributed by atoms with E-state index in [2.05, 4.69) is 6.92 Å². The van der Waals surface area contributed by atoms with Crippen molar-refractivity contribution in [1.29, 1.82) is 0 Å². The van der Waals surface area contributed by atoms with Gasteiger partial charge < -0.3 is 28.8 Å². The molecule has 30 heavy (non-hydrogen) atoms. The van der Waals surface area contributed by atoms with E-state index >= 15 is 0 Å². The Bertz CT molecular complexity index is 906. The smallest absolute Gasteiger partial charge is 0.203 e. The summed E-state index contributed by atoms with van der Waals surface area (Å²) in [5.74, 6) is 2.64. The lowest BCUT2D eigenvalue weighted by atomic mass is 9.90. The van der Waals surface area contributed by atoms with Crippen molar-refractivity contribution in [1.82, 2.24) is 0 Å². The molecule has 1 N–H and O–H groups in total. The van der Waals surface area contributed by atoms with Crippen LogP contribution in [-0.4, -0.2) is 40.2 Å². The number of aryl methyl sites for hydroxylation is 2. The van der Waals surface area contributed by atoms with Crippen molar-refractivity contribution in [3.63, 3.8) is 0 Å². The monoisotopic (exact) mass is 416 g/mol. The lowest BCUT2D eigenvalue weighted by molar-refractivity contribution is 0.0555. The number of phenols is 1. The first-order valence-electron chi connectivity index (χ1n) is 10.4. The van der Waals surface area contributed by atoms with Gasteiger partial charge in [0.2, 0.25) is 5.75 Å². The van der Waals surface area contributed by atoms with Gasteiger partial charge in [0.25, 0.3) is 0 Å². The molecule has 0 spiro atoms. The Morgan fingerprint density at radius 1 is 0.900 bits per heavy atom. The molecular weight excluding hydrogens is 384 g/mol. The summed E-state index contributed by atoms with van der Waals surface area (Å²) in [6.07, 6.45) is 2.87. The molecule has 2 aromatic carbocycles. The number of fused-ring (bicyclic) bond motifs is 3. The number of hydrogen-bond donors (Lipinski definition) is 1. The van der Waals surface area contributed by atoms with E-state index < -0.39 is 0 Å². The topological polar surface area (TPSA) is 66.4 Å². The largest absolute Gasteiger partial charge is 0.507 e. The van der Waals surface area contributed by atoms with Gasteiger partial charge in [-0.3, -0.25) is 0 Å². The van der Waals surface area contributed by atoms with Crippen LogP contribution in [0.15, 0.2) is 12.1 Å². The second kappa shape index (κ2) is 9.47. The molecule has 3 rings (SSSR count). The SMILES string of the molecule is CCCc1cc(OC)c2c(c1O)[C@H](OCC)CCc1cc(OC)c(OC)c(OC)c1-2. The van der Waals surface area contributed by atoms with E-state index in [4.69, 9.17) is 23.7 Å². The van der Waals surface area contributed by atoms with E-state index in [-0.39, 0.29) is 11.9 Å². The summed E-state index contributed by atoms with van der Waals surface area (Å²) in [5.41, 5.74) is 4.29. The quantitative estimate of drug-likeness (QED) is 0.648. The first kappa shape index (κ1) is 22.1. The number of benzene rings is 2. The van der Waals surface area contributed by atoms with E-state index in [1.54, 1.807) is 28.4 Å². The number of hydrogen-bond acceptors (Lipinski definition) is 6. The molecule has 0 fully saturated rings. The zero-order valence-corrected chi connectivity index (χ0v) is 18.8. The predicted octanol–water partition coefficient (Wildman–Crippen LogP) is 5.07. The third kappa shape index (κ3) is 3.65. The van der Waals surface area contributed by atoms with Crippen molar-refractivity contribution >= 4 is 0 Å². The van der Waals surface area contributed by atoms with Gasteiger partial charge in [-0.25, -0.2) is 0 Å². The molecule has 2 aromatic rings. The van der Waals surface area contributed by atoms with Gasteiger partial charge >= 0.3 is 0 Å². The van der Waals surface area contributed by atoms with E-state index in [9.17, 15) is 5.11 Å². The van der Waals surface area contributed by atoms with Gasteiger partial charge in [0.05, 0.1) is 34.5 Å². The molecule has 1 atom stereocenters. The van der Waals surface area contributed by atoms with Gasteiger partial charge in [-0.1, -0.05) is 13.3 Å². The summed E-state index contributed by atoms with van der Waals surface area (Å²) in [7, 11) is 6.46. The number of aromatic hydroxyl groups is 1. The molecule has 1 aliphatic rings. The molecule has 0 aromatic heterocycles. The highest BCUT2D eigenvalue weighted by Crippen LogP contribution is 2.55. The molecule has 0 radical (unpaired) electrons. The van der Waals surface area contributed by atoms with Crippen LogP contribution in [0.2, 0.25) is 0 Å². The molecule has 1 aliphatic carbocycles.